The first-order valence-electron chi connectivity index (χ1n) is 5.55. The van der Waals surface area contributed by atoms with E-state index in [9.17, 15) is 4.79 Å². The van der Waals surface area contributed by atoms with E-state index in [0.29, 0.717) is 0 Å². The van der Waals surface area contributed by atoms with Gasteiger partial charge in [0.1, 0.15) is 0 Å². The second-order valence-electron chi connectivity index (χ2n) is 4.33. The first-order valence-corrected chi connectivity index (χ1v) is 5.55. The van der Waals surface area contributed by atoms with Crippen molar-refractivity contribution in [3.05, 3.63) is 18.0 Å². The highest BCUT2D eigenvalue weighted by Gasteiger charge is 2.39. The van der Waals surface area contributed by atoms with E-state index in [4.69, 9.17) is 5.73 Å². The van der Waals surface area contributed by atoms with Gasteiger partial charge in [0.2, 0.25) is 5.91 Å². The monoisotopic (exact) mass is 207 g/mol. The van der Waals surface area contributed by atoms with Gasteiger partial charge in [0, 0.05) is 6.20 Å². The van der Waals surface area contributed by atoms with Gasteiger partial charge in [0.25, 0.3) is 0 Å². The van der Waals surface area contributed by atoms with Crippen molar-refractivity contribution in [1.29, 1.82) is 0 Å². The Morgan fingerprint density at radius 1 is 1.33 bits per heavy atom. The Morgan fingerprint density at radius 2 is 2.00 bits per heavy atom. The zero-order valence-electron chi connectivity index (χ0n) is 8.83. The highest BCUT2D eigenvalue weighted by molar-refractivity contribution is 5.86. The molecule has 0 unspecified atom stereocenters. The van der Waals surface area contributed by atoms with Crippen molar-refractivity contribution >= 4 is 5.91 Å². The lowest BCUT2D eigenvalue weighted by Crippen LogP contribution is -2.41. The number of amides is 1. The predicted octanol–water partition coefficient (Wildman–Crippen LogP) is 1.49. The molecule has 0 saturated heterocycles. The van der Waals surface area contributed by atoms with E-state index in [1.165, 1.54) is 12.8 Å². The number of nitrogens with zero attached hydrogens (tertiary/aromatic N) is 1. The van der Waals surface area contributed by atoms with Crippen LogP contribution in [-0.2, 0) is 10.2 Å². The zero-order chi connectivity index (χ0) is 10.7. The zero-order valence-corrected chi connectivity index (χ0v) is 8.83. The van der Waals surface area contributed by atoms with Crippen LogP contribution in [0.5, 0.6) is 0 Å². The molecule has 1 heterocycles. The third-order valence-electron chi connectivity index (χ3n) is 3.45. The lowest BCUT2D eigenvalue weighted by Gasteiger charge is -2.27. The van der Waals surface area contributed by atoms with E-state index in [0.717, 1.165) is 31.4 Å². The molecule has 0 aliphatic heterocycles. The van der Waals surface area contributed by atoms with Gasteiger partial charge in [0.15, 0.2) is 0 Å². The first kappa shape index (κ1) is 10.2. The molecule has 15 heavy (non-hydrogen) atoms. The first-order chi connectivity index (χ1) is 7.26. The van der Waals surface area contributed by atoms with Crippen molar-refractivity contribution in [2.75, 3.05) is 0 Å². The molecule has 1 aliphatic rings. The van der Waals surface area contributed by atoms with Crippen molar-refractivity contribution < 1.29 is 4.79 Å². The van der Waals surface area contributed by atoms with Crippen molar-refractivity contribution in [3.63, 3.8) is 0 Å². The summed E-state index contributed by atoms with van der Waals surface area (Å²) in [5.41, 5.74) is 5.97. The molecule has 1 saturated carbocycles. The van der Waals surface area contributed by atoms with E-state index >= 15 is 0 Å². The topological polar surface area (TPSA) is 71.8 Å². The smallest absolute Gasteiger partial charge is 0.229 e. The van der Waals surface area contributed by atoms with Crippen molar-refractivity contribution in [2.45, 2.75) is 43.9 Å². The molecule has 1 amide bonds. The average molecular weight is 207 g/mol. The molecular formula is C11H17N3O. The lowest BCUT2D eigenvalue weighted by atomic mass is 9.77. The summed E-state index contributed by atoms with van der Waals surface area (Å²) in [6.45, 7) is 0. The summed E-state index contributed by atoms with van der Waals surface area (Å²) in [5, 5.41) is 6.83. The highest BCUT2D eigenvalue weighted by Crippen LogP contribution is 2.36. The normalized spacial score (nSPS) is 20.8. The molecule has 3 N–H and O–H groups in total. The molecule has 0 spiro atoms. The molecule has 1 fully saturated rings. The van der Waals surface area contributed by atoms with Crippen LogP contribution in [0.1, 0.15) is 44.2 Å². The van der Waals surface area contributed by atoms with E-state index in [1.54, 1.807) is 6.20 Å². The number of rotatable bonds is 2. The summed E-state index contributed by atoms with van der Waals surface area (Å²) in [6, 6.07) is 1.87. The Bertz CT molecular complexity index is 324. The number of nitrogens with one attached hydrogen (secondary N) is 1. The third kappa shape index (κ3) is 1.76. The van der Waals surface area contributed by atoms with E-state index < -0.39 is 5.41 Å². The Labute approximate surface area is 89.2 Å². The highest BCUT2D eigenvalue weighted by atomic mass is 16.1. The Kier molecular flexibility index (Phi) is 2.75. The molecule has 2 rings (SSSR count). The maximum absolute atomic E-state index is 11.7. The van der Waals surface area contributed by atoms with Crippen LogP contribution in [0.4, 0.5) is 0 Å². The SMILES string of the molecule is NC(=O)C1(c2ccn[nH]2)CCCCCC1. The fourth-order valence-corrected chi connectivity index (χ4v) is 2.50. The summed E-state index contributed by atoms with van der Waals surface area (Å²) >= 11 is 0. The van der Waals surface area contributed by atoms with Crippen LogP contribution in [-0.4, -0.2) is 16.1 Å². The van der Waals surface area contributed by atoms with Crippen LogP contribution in [0.3, 0.4) is 0 Å². The second kappa shape index (κ2) is 4.04. The summed E-state index contributed by atoms with van der Waals surface area (Å²) in [6.07, 6.45) is 7.93. The number of H-pyrrole nitrogens is 1. The van der Waals surface area contributed by atoms with Crippen LogP contribution < -0.4 is 5.73 Å². The minimum atomic E-state index is -0.493. The van der Waals surface area contributed by atoms with Gasteiger partial charge in [-0.1, -0.05) is 25.7 Å². The lowest BCUT2D eigenvalue weighted by molar-refractivity contribution is -0.124. The molecule has 1 aromatic rings. The predicted molar refractivity (Wildman–Crippen MR) is 57.2 cm³/mol. The largest absolute Gasteiger partial charge is 0.369 e. The van der Waals surface area contributed by atoms with Crippen molar-refractivity contribution in [3.8, 4) is 0 Å². The standard InChI is InChI=1S/C11H17N3O/c12-10(15)11(9-5-8-13-14-9)6-3-1-2-4-7-11/h5,8H,1-4,6-7H2,(H2,12,15)(H,13,14). The minimum Gasteiger partial charge on any atom is -0.369 e. The molecule has 4 heteroatoms. The quantitative estimate of drug-likeness (QED) is 0.721. The maximum Gasteiger partial charge on any atom is 0.229 e. The van der Waals surface area contributed by atoms with E-state index in [1.807, 2.05) is 6.07 Å². The van der Waals surface area contributed by atoms with Crippen LogP contribution in [0, 0.1) is 0 Å². The van der Waals surface area contributed by atoms with Crippen molar-refractivity contribution in [1.82, 2.24) is 10.2 Å². The maximum atomic E-state index is 11.7. The second-order valence-corrected chi connectivity index (χ2v) is 4.33. The fourth-order valence-electron chi connectivity index (χ4n) is 2.50. The molecule has 1 aromatic heterocycles. The number of hydrogen-bond acceptors (Lipinski definition) is 2. The number of carbonyl (C=O) groups excluding carboxylic acids is 1. The van der Waals surface area contributed by atoms with Gasteiger partial charge in [-0.15, -0.1) is 0 Å². The van der Waals surface area contributed by atoms with Crippen LogP contribution in [0.2, 0.25) is 0 Å². The number of carbonyl (C=O) groups is 1. The van der Waals surface area contributed by atoms with E-state index in [-0.39, 0.29) is 5.91 Å². The van der Waals surface area contributed by atoms with Crippen LogP contribution in [0.15, 0.2) is 12.3 Å². The minimum absolute atomic E-state index is 0.214. The summed E-state index contributed by atoms with van der Waals surface area (Å²) in [5.74, 6) is -0.214. The molecule has 4 nitrogen and oxygen atoms in total. The molecule has 0 radical (unpaired) electrons. The molecular weight excluding hydrogens is 190 g/mol. The number of hydrogen-bond donors (Lipinski definition) is 2. The van der Waals surface area contributed by atoms with Gasteiger partial charge < -0.3 is 5.73 Å². The summed E-state index contributed by atoms with van der Waals surface area (Å²) < 4.78 is 0. The van der Waals surface area contributed by atoms with Gasteiger partial charge in [-0.2, -0.15) is 5.10 Å². The number of primary amides is 1. The Hall–Kier alpha value is -1.32. The van der Waals surface area contributed by atoms with Crippen LogP contribution in [0.25, 0.3) is 0 Å². The molecule has 0 aromatic carbocycles. The van der Waals surface area contributed by atoms with Gasteiger partial charge in [-0.3, -0.25) is 9.89 Å². The molecule has 0 bridgehead atoms. The molecule has 0 atom stereocenters. The number of aromatic amines is 1. The van der Waals surface area contributed by atoms with Crippen LogP contribution >= 0.6 is 0 Å². The molecule has 82 valence electrons. The Morgan fingerprint density at radius 3 is 2.47 bits per heavy atom. The third-order valence-corrected chi connectivity index (χ3v) is 3.45. The van der Waals surface area contributed by atoms with Gasteiger partial charge in [-0.05, 0) is 18.9 Å². The van der Waals surface area contributed by atoms with Gasteiger partial charge >= 0.3 is 0 Å². The molecule has 1 aliphatic carbocycles. The summed E-state index contributed by atoms with van der Waals surface area (Å²) in [4.78, 5) is 11.7. The van der Waals surface area contributed by atoms with Gasteiger partial charge in [0.05, 0.1) is 11.1 Å². The van der Waals surface area contributed by atoms with Crippen molar-refractivity contribution in [2.24, 2.45) is 5.73 Å². The fraction of sp³-hybridized carbons (Fsp3) is 0.636. The number of nitrogens with two attached hydrogens (primary N) is 1. The summed E-state index contributed by atoms with van der Waals surface area (Å²) in [7, 11) is 0. The van der Waals surface area contributed by atoms with E-state index in [2.05, 4.69) is 10.2 Å². The average Bonchev–Trinajstić information content (AvgIpc) is 2.63. The Balaban J connectivity index is 2.34. The number of aromatic nitrogens is 2. The van der Waals surface area contributed by atoms with Gasteiger partial charge in [-0.25, -0.2) is 0 Å².